The van der Waals surface area contributed by atoms with E-state index in [1.165, 1.54) is 16.6 Å². The second-order valence-corrected chi connectivity index (χ2v) is 7.81. The number of hydrogen-bond donors (Lipinski definition) is 1. The van der Waals surface area contributed by atoms with Gasteiger partial charge in [0.15, 0.2) is 0 Å². The zero-order chi connectivity index (χ0) is 15.6. The zero-order valence-electron chi connectivity index (χ0n) is 11.5. The maximum atomic E-state index is 11.9. The van der Waals surface area contributed by atoms with Gasteiger partial charge < -0.3 is 5.32 Å². The third-order valence-corrected chi connectivity index (χ3v) is 5.03. The summed E-state index contributed by atoms with van der Waals surface area (Å²) in [5.41, 5.74) is 0.461. The van der Waals surface area contributed by atoms with E-state index < -0.39 is 10.0 Å². The highest BCUT2D eigenvalue weighted by Gasteiger charge is 2.34. The standard InChI is InChI=1S/C13H16Cl2N2O3S/c1-21(19,20)17(10-3-4-10)7-6-13(18)16-12-5-2-9(14)8-11(12)15/h2,5,8,10H,3-4,6-7H2,1H3,(H,16,18). The van der Waals surface area contributed by atoms with Crippen molar-refractivity contribution in [3.63, 3.8) is 0 Å². The monoisotopic (exact) mass is 350 g/mol. The van der Waals surface area contributed by atoms with Crippen LogP contribution in [0, 0.1) is 0 Å². The van der Waals surface area contributed by atoms with Crippen molar-refractivity contribution in [1.29, 1.82) is 0 Å². The third-order valence-electron chi connectivity index (χ3n) is 3.14. The van der Waals surface area contributed by atoms with E-state index >= 15 is 0 Å². The van der Waals surface area contributed by atoms with Crippen molar-refractivity contribution < 1.29 is 13.2 Å². The molecule has 0 unspecified atom stereocenters. The Hall–Kier alpha value is -0.820. The molecule has 0 aliphatic heterocycles. The third kappa shape index (κ3) is 4.85. The fourth-order valence-corrected chi connectivity index (χ4v) is 3.63. The van der Waals surface area contributed by atoms with Crippen molar-refractivity contribution in [2.75, 3.05) is 18.1 Å². The van der Waals surface area contributed by atoms with Crippen LogP contribution in [0.3, 0.4) is 0 Å². The zero-order valence-corrected chi connectivity index (χ0v) is 13.8. The summed E-state index contributed by atoms with van der Waals surface area (Å²) in [5, 5.41) is 3.48. The molecule has 1 aromatic rings. The molecular formula is C13H16Cl2N2O3S. The molecule has 0 heterocycles. The molecule has 1 aliphatic rings. The molecule has 116 valence electrons. The largest absolute Gasteiger partial charge is 0.325 e. The van der Waals surface area contributed by atoms with Crippen LogP contribution in [0.1, 0.15) is 19.3 Å². The predicted octanol–water partition coefficient (Wildman–Crippen LogP) is 2.75. The lowest BCUT2D eigenvalue weighted by atomic mass is 10.3. The number of anilines is 1. The number of amides is 1. The van der Waals surface area contributed by atoms with Gasteiger partial charge in [0, 0.05) is 24.0 Å². The Morgan fingerprint density at radius 1 is 1.38 bits per heavy atom. The number of hydrogen-bond acceptors (Lipinski definition) is 3. The van der Waals surface area contributed by atoms with Gasteiger partial charge in [0.1, 0.15) is 0 Å². The molecule has 2 rings (SSSR count). The number of rotatable bonds is 6. The lowest BCUT2D eigenvalue weighted by Crippen LogP contribution is -2.34. The number of halogens is 2. The molecule has 0 spiro atoms. The fourth-order valence-electron chi connectivity index (χ4n) is 2.00. The summed E-state index contributed by atoms with van der Waals surface area (Å²) in [5.74, 6) is -0.284. The number of sulfonamides is 1. The number of carbonyl (C=O) groups excluding carboxylic acids is 1. The summed E-state index contributed by atoms with van der Waals surface area (Å²) in [7, 11) is -3.27. The average Bonchev–Trinajstić information content (AvgIpc) is 3.16. The van der Waals surface area contributed by atoms with Gasteiger partial charge in [-0.25, -0.2) is 8.42 Å². The first-order valence-electron chi connectivity index (χ1n) is 6.49. The lowest BCUT2D eigenvalue weighted by molar-refractivity contribution is -0.116. The minimum absolute atomic E-state index is 0.0481. The van der Waals surface area contributed by atoms with Crippen molar-refractivity contribution in [2.45, 2.75) is 25.3 Å². The molecule has 0 radical (unpaired) electrons. The molecule has 0 atom stereocenters. The Morgan fingerprint density at radius 2 is 2.05 bits per heavy atom. The maximum Gasteiger partial charge on any atom is 0.225 e. The van der Waals surface area contributed by atoms with E-state index in [-0.39, 0.29) is 24.9 Å². The quantitative estimate of drug-likeness (QED) is 0.857. The van der Waals surface area contributed by atoms with Gasteiger partial charge in [0.25, 0.3) is 0 Å². The summed E-state index contributed by atoms with van der Waals surface area (Å²) in [6.07, 6.45) is 2.97. The SMILES string of the molecule is CS(=O)(=O)N(CCC(=O)Nc1ccc(Cl)cc1Cl)C1CC1. The van der Waals surface area contributed by atoms with Crippen LogP contribution in [0.2, 0.25) is 10.0 Å². The molecule has 0 aromatic heterocycles. The first-order chi connectivity index (χ1) is 9.77. The van der Waals surface area contributed by atoms with Gasteiger partial charge in [0.2, 0.25) is 15.9 Å². The first kappa shape index (κ1) is 16.5. The van der Waals surface area contributed by atoms with Crippen LogP contribution >= 0.6 is 23.2 Å². The summed E-state index contributed by atoms with van der Waals surface area (Å²) in [6, 6.07) is 4.81. The van der Waals surface area contributed by atoms with Crippen LogP contribution in [0.15, 0.2) is 18.2 Å². The Morgan fingerprint density at radius 3 is 2.57 bits per heavy atom. The minimum Gasteiger partial charge on any atom is -0.325 e. The second-order valence-electron chi connectivity index (χ2n) is 5.03. The number of benzene rings is 1. The van der Waals surface area contributed by atoms with E-state index in [1.54, 1.807) is 12.1 Å². The molecule has 8 heteroatoms. The Labute approximate surface area is 134 Å². The molecule has 1 aromatic carbocycles. The van der Waals surface area contributed by atoms with Gasteiger partial charge in [0.05, 0.1) is 17.0 Å². The van der Waals surface area contributed by atoms with Crippen molar-refractivity contribution >= 4 is 44.8 Å². The van der Waals surface area contributed by atoms with Crippen molar-refractivity contribution in [2.24, 2.45) is 0 Å². The van der Waals surface area contributed by atoms with Crippen LogP contribution in [0.25, 0.3) is 0 Å². The van der Waals surface area contributed by atoms with Crippen molar-refractivity contribution in [3.05, 3.63) is 28.2 Å². The van der Waals surface area contributed by atoms with Gasteiger partial charge >= 0.3 is 0 Å². The van der Waals surface area contributed by atoms with Gasteiger partial charge in [-0.1, -0.05) is 23.2 Å². The molecule has 1 amide bonds. The van der Waals surface area contributed by atoms with E-state index in [4.69, 9.17) is 23.2 Å². The molecule has 1 fully saturated rings. The van der Waals surface area contributed by atoms with Gasteiger partial charge in [-0.15, -0.1) is 0 Å². The highest BCUT2D eigenvalue weighted by molar-refractivity contribution is 7.88. The van der Waals surface area contributed by atoms with Gasteiger partial charge in [-0.05, 0) is 31.0 Å². The van der Waals surface area contributed by atoms with Gasteiger partial charge in [-0.3, -0.25) is 4.79 Å². The molecule has 0 saturated heterocycles. The summed E-state index contributed by atoms with van der Waals surface area (Å²) in [4.78, 5) is 11.9. The van der Waals surface area contributed by atoms with Crippen LogP contribution in [-0.4, -0.2) is 37.5 Å². The van der Waals surface area contributed by atoms with Crippen molar-refractivity contribution in [1.82, 2.24) is 4.31 Å². The Bertz CT molecular complexity index is 645. The number of nitrogens with zero attached hydrogens (tertiary/aromatic N) is 1. The minimum atomic E-state index is -3.27. The van der Waals surface area contributed by atoms with E-state index in [1.807, 2.05) is 0 Å². The molecular weight excluding hydrogens is 335 g/mol. The Balaban J connectivity index is 1.92. The van der Waals surface area contributed by atoms with Crippen LogP contribution in [-0.2, 0) is 14.8 Å². The fraction of sp³-hybridized carbons (Fsp3) is 0.462. The molecule has 5 nitrogen and oxygen atoms in total. The highest BCUT2D eigenvalue weighted by Crippen LogP contribution is 2.29. The highest BCUT2D eigenvalue weighted by atomic mass is 35.5. The predicted molar refractivity (Wildman–Crippen MR) is 84.3 cm³/mol. The summed E-state index contributed by atoms with van der Waals surface area (Å²) in [6.45, 7) is 0.181. The second kappa shape index (κ2) is 6.52. The molecule has 0 bridgehead atoms. The number of nitrogens with one attached hydrogen (secondary N) is 1. The van der Waals surface area contributed by atoms with Crippen molar-refractivity contribution in [3.8, 4) is 0 Å². The van der Waals surface area contributed by atoms with E-state index in [0.29, 0.717) is 15.7 Å². The van der Waals surface area contributed by atoms with E-state index in [2.05, 4.69) is 5.32 Å². The lowest BCUT2D eigenvalue weighted by Gasteiger charge is -2.19. The molecule has 1 aliphatic carbocycles. The van der Waals surface area contributed by atoms with E-state index in [0.717, 1.165) is 12.8 Å². The van der Waals surface area contributed by atoms with Crippen LogP contribution in [0.5, 0.6) is 0 Å². The molecule has 1 N–H and O–H groups in total. The molecule has 21 heavy (non-hydrogen) atoms. The normalized spacial score (nSPS) is 15.2. The average molecular weight is 351 g/mol. The summed E-state index contributed by atoms with van der Waals surface area (Å²) >= 11 is 11.7. The maximum absolute atomic E-state index is 11.9. The first-order valence-corrected chi connectivity index (χ1v) is 9.09. The smallest absolute Gasteiger partial charge is 0.225 e. The topological polar surface area (TPSA) is 66.5 Å². The van der Waals surface area contributed by atoms with Crippen LogP contribution in [0.4, 0.5) is 5.69 Å². The van der Waals surface area contributed by atoms with Crippen LogP contribution < -0.4 is 5.32 Å². The Kier molecular flexibility index (Phi) is 5.14. The summed E-state index contributed by atoms with van der Waals surface area (Å²) < 4.78 is 24.7. The van der Waals surface area contributed by atoms with E-state index in [9.17, 15) is 13.2 Å². The van der Waals surface area contributed by atoms with Gasteiger partial charge in [-0.2, -0.15) is 4.31 Å². The molecule has 1 saturated carbocycles. The number of carbonyl (C=O) groups is 1.